The SMILES string of the molecule is O=CC1=NC2CCCC2O1. The van der Waals surface area contributed by atoms with E-state index in [-0.39, 0.29) is 6.10 Å². The Hall–Kier alpha value is -0.860. The lowest BCUT2D eigenvalue weighted by Crippen LogP contribution is -2.14. The molecule has 2 aliphatic rings. The summed E-state index contributed by atoms with van der Waals surface area (Å²) < 4.78 is 5.22. The summed E-state index contributed by atoms with van der Waals surface area (Å²) in [5.74, 6) is 0.301. The Bertz CT molecular complexity index is 188. The summed E-state index contributed by atoms with van der Waals surface area (Å²) in [4.78, 5) is 14.3. The van der Waals surface area contributed by atoms with E-state index in [2.05, 4.69) is 4.99 Å². The Balaban J connectivity index is 2.13. The molecule has 0 spiro atoms. The van der Waals surface area contributed by atoms with Crippen LogP contribution in [0.15, 0.2) is 4.99 Å². The number of carbonyl (C=O) groups excluding carboxylic acids is 1. The third-order valence-corrected chi connectivity index (χ3v) is 2.08. The highest BCUT2D eigenvalue weighted by atomic mass is 16.5. The first-order chi connectivity index (χ1) is 4.90. The molecule has 1 aliphatic carbocycles. The van der Waals surface area contributed by atoms with Crippen LogP contribution in [0, 0.1) is 0 Å². The van der Waals surface area contributed by atoms with Crippen molar-refractivity contribution in [2.45, 2.75) is 31.4 Å². The number of aldehydes is 1. The highest BCUT2D eigenvalue weighted by Gasteiger charge is 2.34. The molecular weight excluding hydrogens is 130 g/mol. The van der Waals surface area contributed by atoms with Crippen molar-refractivity contribution in [1.82, 2.24) is 0 Å². The molecule has 2 rings (SSSR count). The molecule has 10 heavy (non-hydrogen) atoms. The second-order valence-electron chi connectivity index (χ2n) is 2.74. The first kappa shape index (κ1) is 5.89. The van der Waals surface area contributed by atoms with Crippen LogP contribution >= 0.6 is 0 Å². The van der Waals surface area contributed by atoms with Gasteiger partial charge in [0.2, 0.25) is 6.29 Å². The number of hydrogen-bond acceptors (Lipinski definition) is 3. The monoisotopic (exact) mass is 139 g/mol. The Morgan fingerprint density at radius 1 is 1.60 bits per heavy atom. The van der Waals surface area contributed by atoms with Gasteiger partial charge in [-0.2, -0.15) is 0 Å². The fourth-order valence-electron chi connectivity index (χ4n) is 1.60. The van der Waals surface area contributed by atoms with E-state index in [1.807, 2.05) is 0 Å². The number of carbonyl (C=O) groups is 1. The molecule has 1 saturated carbocycles. The number of ether oxygens (including phenoxy) is 1. The van der Waals surface area contributed by atoms with E-state index < -0.39 is 0 Å². The lowest BCUT2D eigenvalue weighted by Gasteiger charge is -2.04. The van der Waals surface area contributed by atoms with E-state index in [1.165, 1.54) is 6.42 Å². The van der Waals surface area contributed by atoms with Gasteiger partial charge in [-0.1, -0.05) is 0 Å². The lowest BCUT2D eigenvalue weighted by atomic mass is 10.2. The van der Waals surface area contributed by atoms with Gasteiger partial charge in [0.15, 0.2) is 0 Å². The molecule has 0 saturated heterocycles. The summed E-state index contributed by atoms with van der Waals surface area (Å²) in [5, 5.41) is 0. The Morgan fingerprint density at radius 3 is 3.20 bits per heavy atom. The van der Waals surface area contributed by atoms with Crippen LogP contribution in [0.5, 0.6) is 0 Å². The largest absolute Gasteiger partial charge is 0.470 e. The quantitative estimate of drug-likeness (QED) is 0.497. The maximum Gasteiger partial charge on any atom is 0.250 e. The van der Waals surface area contributed by atoms with E-state index in [0.717, 1.165) is 12.8 Å². The standard InChI is InChI=1S/C7H9NO2/c9-4-7-8-5-2-1-3-6(5)10-7/h4-6H,1-3H2. The molecule has 2 unspecified atom stereocenters. The third-order valence-electron chi connectivity index (χ3n) is 2.08. The van der Waals surface area contributed by atoms with Gasteiger partial charge in [0, 0.05) is 0 Å². The predicted molar refractivity (Wildman–Crippen MR) is 36.0 cm³/mol. The molecular formula is C7H9NO2. The smallest absolute Gasteiger partial charge is 0.250 e. The summed E-state index contributed by atoms with van der Waals surface area (Å²) >= 11 is 0. The van der Waals surface area contributed by atoms with Crippen LogP contribution in [0.2, 0.25) is 0 Å². The summed E-state index contributed by atoms with van der Waals surface area (Å²) in [6, 6.07) is 0.292. The molecule has 1 aliphatic heterocycles. The molecule has 0 N–H and O–H groups in total. The van der Waals surface area contributed by atoms with Gasteiger partial charge >= 0.3 is 0 Å². The molecule has 0 radical (unpaired) electrons. The van der Waals surface area contributed by atoms with Crippen LogP contribution in [0.3, 0.4) is 0 Å². The zero-order valence-electron chi connectivity index (χ0n) is 5.62. The Kier molecular flexibility index (Phi) is 1.22. The van der Waals surface area contributed by atoms with E-state index in [1.54, 1.807) is 0 Å². The van der Waals surface area contributed by atoms with E-state index in [9.17, 15) is 4.79 Å². The molecule has 54 valence electrons. The first-order valence-corrected chi connectivity index (χ1v) is 3.60. The second-order valence-corrected chi connectivity index (χ2v) is 2.74. The summed E-state index contributed by atoms with van der Waals surface area (Å²) in [7, 11) is 0. The van der Waals surface area contributed by atoms with Gasteiger partial charge in [0.25, 0.3) is 5.90 Å². The molecule has 1 fully saturated rings. The minimum absolute atomic E-state index is 0.222. The summed E-state index contributed by atoms with van der Waals surface area (Å²) in [6.07, 6.45) is 4.25. The predicted octanol–water partition coefficient (Wildman–Crippen LogP) is 0.535. The maximum atomic E-state index is 10.2. The molecule has 0 amide bonds. The van der Waals surface area contributed by atoms with E-state index in [4.69, 9.17) is 4.74 Å². The van der Waals surface area contributed by atoms with Crippen LogP contribution in [0.1, 0.15) is 19.3 Å². The van der Waals surface area contributed by atoms with E-state index in [0.29, 0.717) is 18.2 Å². The molecule has 3 nitrogen and oxygen atoms in total. The number of rotatable bonds is 1. The highest BCUT2D eigenvalue weighted by Crippen LogP contribution is 2.28. The number of aliphatic imine (C=N–C) groups is 1. The van der Waals surface area contributed by atoms with Crippen molar-refractivity contribution < 1.29 is 9.53 Å². The third kappa shape index (κ3) is 0.735. The highest BCUT2D eigenvalue weighted by molar-refractivity contribution is 6.24. The van der Waals surface area contributed by atoms with Crippen molar-refractivity contribution in [2.75, 3.05) is 0 Å². The van der Waals surface area contributed by atoms with Crippen LogP contribution in [0.4, 0.5) is 0 Å². The van der Waals surface area contributed by atoms with Crippen molar-refractivity contribution in [3.05, 3.63) is 0 Å². The van der Waals surface area contributed by atoms with E-state index >= 15 is 0 Å². The van der Waals surface area contributed by atoms with Crippen molar-refractivity contribution in [3.8, 4) is 0 Å². The minimum atomic E-state index is 0.222. The van der Waals surface area contributed by atoms with Gasteiger partial charge in [-0.05, 0) is 19.3 Å². The fourth-order valence-corrected chi connectivity index (χ4v) is 1.60. The normalized spacial score (nSPS) is 36.6. The van der Waals surface area contributed by atoms with Crippen LogP contribution in [-0.2, 0) is 9.53 Å². The van der Waals surface area contributed by atoms with Gasteiger partial charge in [-0.15, -0.1) is 0 Å². The molecule has 0 aromatic rings. The molecule has 0 aromatic heterocycles. The summed E-state index contributed by atoms with van der Waals surface area (Å²) in [5.41, 5.74) is 0. The van der Waals surface area contributed by atoms with Gasteiger partial charge in [-0.3, -0.25) is 4.79 Å². The average Bonchev–Trinajstić information content (AvgIpc) is 2.42. The zero-order valence-corrected chi connectivity index (χ0v) is 5.62. The van der Waals surface area contributed by atoms with Crippen molar-refractivity contribution in [2.24, 2.45) is 4.99 Å². The Morgan fingerprint density at radius 2 is 2.50 bits per heavy atom. The fraction of sp³-hybridized carbons (Fsp3) is 0.714. The molecule has 2 atom stereocenters. The number of hydrogen-bond donors (Lipinski definition) is 0. The second kappa shape index (κ2) is 2.08. The topological polar surface area (TPSA) is 38.7 Å². The minimum Gasteiger partial charge on any atom is -0.470 e. The Labute approximate surface area is 59.1 Å². The maximum absolute atomic E-state index is 10.2. The van der Waals surface area contributed by atoms with Crippen molar-refractivity contribution >= 4 is 12.2 Å². The molecule has 1 heterocycles. The molecule has 0 bridgehead atoms. The summed E-state index contributed by atoms with van der Waals surface area (Å²) in [6.45, 7) is 0. The van der Waals surface area contributed by atoms with Crippen LogP contribution < -0.4 is 0 Å². The van der Waals surface area contributed by atoms with Gasteiger partial charge in [0.1, 0.15) is 6.10 Å². The molecule has 0 aromatic carbocycles. The lowest BCUT2D eigenvalue weighted by molar-refractivity contribution is -0.104. The first-order valence-electron chi connectivity index (χ1n) is 3.60. The average molecular weight is 139 g/mol. The van der Waals surface area contributed by atoms with Crippen LogP contribution in [0.25, 0.3) is 0 Å². The van der Waals surface area contributed by atoms with Gasteiger partial charge < -0.3 is 4.74 Å². The van der Waals surface area contributed by atoms with Gasteiger partial charge in [0.05, 0.1) is 6.04 Å². The molecule has 3 heteroatoms. The number of fused-ring (bicyclic) bond motifs is 1. The zero-order chi connectivity index (χ0) is 6.97. The number of nitrogens with zero attached hydrogens (tertiary/aromatic N) is 1. The van der Waals surface area contributed by atoms with Crippen molar-refractivity contribution in [1.29, 1.82) is 0 Å². The van der Waals surface area contributed by atoms with Gasteiger partial charge in [-0.25, -0.2) is 4.99 Å². The van der Waals surface area contributed by atoms with Crippen molar-refractivity contribution in [3.63, 3.8) is 0 Å². The van der Waals surface area contributed by atoms with Crippen LogP contribution in [-0.4, -0.2) is 24.3 Å².